The number of hydrogen-bond donors (Lipinski definition) is 1. The molecule has 1 aromatic rings. The molecule has 0 heterocycles. The fourth-order valence-corrected chi connectivity index (χ4v) is 2.70. The van der Waals surface area contributed by atoms with E-state index in [-0.39, 0.29) is 12.0 Å². The molecular weight excluding hydrogens is 262 g/mol. The highest BCUT2D eigenvalue weighted by Crippen LogP contribution is 2.22. The lowest BCUT2D eigenvalue weighted by Crippen LogP contribution is -2.36. The molecule has 0 fully saturated rings. The molecule has 0 aliphatic heterocycles. The second-order valence-electron chi connectivity index (χ2n) is 6.16. The van der Waals surface area contributed by atoms with Gasteiger partial charge < -0.3 is 10.1 Å². The van der Waals surface area contributed by atoms with E-state index in [1.165, 1.54) is 0 Å². The number of carbonyl (C=O) groups is 1. The maximum atomic E-state index is 12.2. The van der Waals surface area contributed by atoms with Gasteiger partial charge in [0.2, 0.25) is 0 Å². The molecule has 1 N–H and O–H groups in total. The smallest absolute Gasteiger partial charge is 0.327 e. The molecule has 0 bridgehead atoms. The predicted octanol–water partition coefficient (Wildman–Crippen LogP) is 3.81. The van der Waals surface area contributed by atoms with Crippen LogP contribution in [0.1, 0.15) is 46.2 Å². The lowest BCUT2D eigenvalue weighted by atomic mass is 9.85. The molecule has 21 heavy (non-hydrogen) atoms. The number of hydrogen-bond acceptors (Lipinski definition) is 3. The van der Waals surface area contributed by atoms with Gasteiger partial charge in [0.1, 0.15) is 6.04 Å². The van der Waals surface area contributed by atoms with E-state index in [1.54, 1.807) is 0 Å². The summed E-state index contributed by atoms with van der Waals surface area (Å²) in [7, 11) is 0. The lowest BCUT2D eigenvalue weighted by molar-refractivity contribution is -0.146. The second kappa shape index (κ2) is 8.83. The number of esters is 1. The predicted molar refractivity (Wildman–Crippen MR) is 87.0 cm³/mol. The van der Waals surface area contributed by atoms with Crippen LogP contribution in [0.2, 0.25) is 0 Å². The van der Waals surface area contributed by atoms with Gasteiger partial charge in [0, 0.05) is 0 Å². The minimum Gasteiger partial charge on any atom is -0.465 e. The molecule has 1 unspecified atom stereocenters. The van der Waals surface area contributed by atoms with Gasteiger partial charge in [-0.05, 0) is 36.8 Å². The largest absolute Gasteiger partial charge is 0.465 e. The quantitative estimate of drug-likeness (QED) is 0.740. The molecule has 0 spiro atoms. The normalized spacial score (nSPS) is 13.0. The fourth-order valence-electron chi connectivity index (χ4n) is 2.70. The molecule has 1 aromatic carbocycles. The molecule has 1 rings (SSSR count). The zero-order valence-electron chi connectivity index (χ0n) is 13.9. The van der Waals surface area contributed by atoms with E-state index in [2.05, 4.69) is 33.0 Å². The Morgan fingerprint density at radius 1 is 1.10 bits per heavy atom. The van der Waals surface area contributed by atoms with Gasteiger partial charge >= 0.3 is 5.97 Å². The lowest BCUT2D eigenvalue weighted by Gasteiger charge is -2.27. The average Bonchev–Trinajstić information content (AvgIpc) is 2.43. The number of carbonyl (C=O) groups excluding carboxylic acids is 1. The van der Waals surface area contributed by atoms with Gasteiger partial charge in [0.25, 0.3) is 0 Å². The Hall–Kier alpha value is -1.35. The molecule has 0 amide bonds. The van der Waals surface area contributed by atoms with Crippen LogP contribution in [0.25, 0.3) is 0 Å². The molecule has 0 saturated carbocycles. The van der Waals surface area contributed by atoms with Gasteiger partial charge in [-0.2, -0.15) is 0 Å². The first-order valence-electron chi connectivity index (χ1n) is 7.92. The van der Waals surface area contributed by atoms with Gasteiger partial charge in [-0.15, -0.1) is 0 Å². The molecule has 3 nitrogen and oxygen atoms in total. The van der Waals surface area contributed by atoms with E-state index in [4.69, 9.17) is 4.74 Å². The maximum Gasteiger partial charge on any atom is 0.327 e. The van der Waals surface area contributed by atoms with E-state index in [9.17, 15) is 4.79 Å². The minimum absolute atomic E-state index is 0.199. The van der Waals surface area contributed by atoms with Crippen molar-refractivity contribution < 1.29 is 9.53 Å². The summed E-state index contributed by atoms with van der Waals surface area (Å²) in [5.74, 6) is 1.49. The van der Waals surface area contributed by atoms with E-state index in [1.807, 2.05) is 37.3 Å². The highest BCUT2D eigenvalue weighted by molar-refractivity contribution is 5.77. The fraction of sp³-hybridized carbons (Fsp3) is 0.611. The summed E-state index contributed by atoms with van der Waals surface area (Å²) >= 11 is 0. The van der Waals surface area contributed by atoms with Crippen LogP contribution in [-0.4, -0.2) is 19.1 Å². The summed E-state index contributed by atoms with van der Waals surface area (Å²) in [4.78, 5) is 12.2. The molecule has 0 aromatic heterocycles. The Balaban J connectivity index is 2.81. The van der Waals surface area contributed by atoms with Crippen molar-refractivity contribution >= 4 is 5.97 Å². The summed E-state index contributed by atoms with van der Waals surface area (Å²) in [6.45, 7) is 12.0. The molecule has 1 atom stereocenters. The Morgan fingerprint density at radius 2 is 1.67 bits per heavy atom. The molecule has 118 valence electrons. The monoisotopic (exact) mass is 291 g/mol. The third kappa shape index (κ3) is 5.50. The second-order valence-corrected chi connectivity index (χ2v) is 6.16. The van der Waals surface area contributed by atoms with Crippen molar-refractivity contribution in [1.29, 1.82) is 0 Å². The van der Waals surface area contributed by atoms with Crippen molar-refractivity contribution in [3.8, 4) is 0 Å². The van der Waals surface area contributed by atoms with Crippen molar-refractivity contribution in [2.75, 3.05) is 13.2 Å². The topological polar surface area (TPSA) is 38.3 Å². The van der Waals surface area contributed by atoms with Crippen LogP contribution in [0.5, 0.6) is 0 Å². The number of rotatable bonds is 8. The van der Waals surface area contributed by atoms with Crippen molar-refractivity contribution in [2.45, 2.75) is 40.7 Å². The van der Waals surface area contributed by atoms with Crippen molar-refractivity contribution in [3.63, 3.8) is 0 Å². The molecule has 0 aliphatic rings. The Labute approximate surface area is 129 Å². The summed E-state index contributed by atoms with van der Waals surface area (Å²) in [5.41, 5.74) is 0.960. The van der Waals surface area contributed by atoms with E-state index in [0.717, 1.165) is 12.1 Å². The zero-order chi connectivity index (χ0) is 15.8. The van der Waals surface area contributed by atoms with E-state index < -0.39 is 0 Å². The molecule has 3 heteroatoms. The van der Waals surface area contributed by atoms with Gasteiger partial charge in [-0.25, -0.2) is 4.79 Å². The van der Waals surface area contributed by atoms with Crippen molar-refractivity contribution in [1.82, 2.24) is 5.32 Å². The summed E-state index contributed by atoms with van der Waals surface area (Å²) < 4.78 is 5.21. The van der Waals surface area contributed by atoms with Crippen LogP contribution in [0.3, 0.4) is 0 Å². The van der Waals surface area contributed by atoms with Gasteiger partial charge in [0.05, 0.1) is 6.61 Å². The summed E-state index contributed by atoms with van der Waals surface area (Å²) in [5, 5.41) is 3.41. The van der Waals surface area contributed by atoms with Crippen LogP contribution in [0, 0.1) is 17.8 Å². The van der Waals surface area contributed by atoms with Crippen LogP contribution in [-0.2, 0) is 9.53 Å². The Morgan fingerprint density at radius 3 is 2.14 bits per heavy atom. The first-order chi connectivity index (χ1) is 9.97. The van der Waals surface area contributed by atoms with Crippen LogP contribution >= 0.6 is 0 Å². The third-order valence-corrected chi connectivity index (χ3v) is 3.93. The summed E-state index contributed by atoms with van der Waals surface area (Å²) in [6, 6.07) is 9.41. The standard InChI is InChI=1S/C18H29NO2/c1-6-21-18(20)17(15-10-8-7-9-11-15)19-12-16(13(2)3)14(4)5/h7-11,13-14,16-17,19H,6,12H2,1-5H3. The van der Waals surface area contributed by atoms with Gasteiger partial charge in [0.15, 0.2) is 0 Å². The first kappa shape index (κ1) is 17.7. The summed E-state index contributed by atoms with van der Waals surface area (Å²) in [6.07, 6.45) is 0. The molecule has 0 aliphatic carbocycles. The minimum atomic E-state index is -0.383. The molecular formula is C18H29NO2. The van der Waals surface area contributed by atoms with Crippen molar-refractivity contribution in [2.24, 2.45) is 17.8 Å². The Kier molecular flexibility index (Phi) is 7.44. The van der Waals surface area contributed by atoms with Crippen molar-refractivity contribution in [3.05, 3.63) is 35.9 Å². The van der Waals surface area contributed by atoms with Crippen LogP contribution < -0.4 is 5.32 Å². The molecule has 0 radical (unpaired) electrons. The number of ether oxygens (including phenoxy) is 1. The third-order valence-electron chi connectivity index (χ3n) is 3.93. The highest BCUT2D eigenvalue weighted by Gasteiger charge is 2.24. The number of nitrogens with one attached hydrogen (secondary N) is 1. The van der Waals surface area contributed by atoms with Crippen LogP contribution in [0.15, 0.2) is 30.3 Å². The molecule has 0 saturated heterocycles. The van der Waals surface area contributed by atoms with E-state index in [0.29, 0.717) is 24.4 Å². The Bertz CT molecular complexity index is 406. The maximum absolute atomic E-state index is 12.2. The first-order valence-corrected chi connectivity index (χ1v) is 7.92. The SMILES string of the molecule is CCOC(=O)C(NCC(C(C)C)C(C)C)c1ccccc1. The van der Waals surface area contributed by atoms with Crippen LogP contribution in [0.4, 0.5) is 0 Å². The van der Waals surface area contributed by atoms with E-state index >= 15 is 0 Å². The average molecular weight is 291 g/mol. The van der Waals surface area contributed by atoms with Gasteiger partial charge in [-0.1, -0.05) is 58.0 Å². The highest BCUT2D eigenvalue weighted by atomic mass is 16.5. The zero-order valence-corrected chi connectivity index (χ0v) is 13.9. The van der Waals surface area contributed by atoms with Gasteiger partial charge in [-0.3, -0.25) is 0 Å². The number of benzene rings is 1.